The predicted molar refractivity (Wildman–Crippen MR) is 93.1 cm³/mol. The average Bonchev–Trinajstić information content (AvgIpc) is 2.56. The van der Waals surface area contributed by atoms with Crippen molar-refractivity contribution < 1.29 is 19.1 Å². The molecule has 4 heteroatoms. The van der Waals surface area contributed by atoms with Gasteiger partial charge in [-0.3, -0.25) is 0 Å². The van der Waals surface area contributed by atoms with E-state index in [-0.39, 0.29) is 6.61 Å². The summed E-state index contributed by atoms with van der Waals surface area (Å²) in [7, 11) is 0. The second-order valence-electron chi connectivity index (χ2n) is 5.60. The lowest BCUT2D eigenvalue weighted by Crippen LogP contribution is -2.05. The molecule has 0 aliphatic rings. The van der Waals surface area contributed by atoms with Crippen molar-refractivity contribution in [2.45, 2.75) is 71.1 Å². The van der Waals surface area contributed by atoms with Gasteiger partial charge in [-0.05, 0) is 6.42 Å². The van der Waals surface area contributed by atoms with E-state index in [1.165, 1.54) is 57.4 Å². The summed E-state index contributed by atoms with van der Waals surface area (Å²) >= 11 is 0. The number of rotatable bonds is 15. The Morgan fingerprint density at radius 1 is 0.783 bits per heavy atom. The van der Waals surface area contributed by atoms with E-state index in [4.69, 9.17) is 9.47 Å². The Morgan fingerprint density at radius 2 is 1.26 bits per heavy atom. The van der Waals surface area contributed by atoms with Crippen molar-refractivity contribution in [2.24, 2.45) is 0 Å². The van der Waals surface area contributed by atoms with Crippen LogP contribution in [0.4, 0.5) is 0 Å². The van der Waals surface area contributed by atoms with Gasteiger partial charge >= 0.3 is 11.9 Å². The Balaban J connectivity index is 3.37. The molecular formula is C19H32O4. The third-order valence-corrected chi connectivity index (χ3v) is 3.44. The van der Waals surface area contributed by atoms with Crippen molar-refractivity contribution in [3.63, 3.8) is 0 Å². The minimum atomic E-state index is -0.569. The molecule has 0 saturated carbocycles. The maximum absolute atomic E-state index is 11.3. The van der Waals surface area contributed by atoms with Crippen molar-refractivity contribution in [1.29, 1.82) is 0 Å². The Morgan fingerprint density at radius 3 is 1.78 bits per heavy atom. The first kappa shape index (κ1) is 21.4. The summed E-state index contributed by atoms with van der Waals surface area (Å²) in [4.78, 5) is 22.4. The maximum atomic E-state index is 11.3. The van der Waals surface area contributed by atoms with Crippen LogP contribution < -0.4 is 0 Å². The monoisotopic (exact) mass is 324 g/mol. The smallest absolute Gasteiger partial charge is 0.331 e. The van der Waals surface area contributed by atoms with Crippen LogP contribution in [0.15, 0.2) is 24.8 Å². The number of esters is 2. The van der Waals surface area contributed by atoms with E-state index in [2.05, 4.69) is 13.5 Å². The van der Waals surface area contributed by atoms with E-state index in [9.17, 15) is 9.59 Å². The number of hydrogen-bond acceptors (Lipinski definition) is 4. The Kier molecular flexibility index (Phi) is 15.6. The molecule has 0 rings (SSSR count). The molecule has 4 nitrogen and oxygen atoms in total. The molecule has 0 spiro atoms. The van der Waals surface area contributed by atoms with Crippen molar-refractivity contribution in [2.75, 3.05) is 13.2 Å². The zero-order valence-electron chi connectivity index (χ0n) is 14.6. The standard InChI is InChI=1S/C19H32O4/c1-3-5-6-7-8-9-10-11-12-13-17-23-19(21)15-14-18(20)22-16-4-2/h4,14-15H,2-3,5-13,16-17H2,1H3/b15-14+. The SMILES string of the molecule is C=CCOC(=O)/C=C/C(=O)OCCCCCCCCCCCC. The summed E-state index contributed by atoms with van der Waals surface area (Å²) in [5.74, 6) is -1.07. The van der Waals surface area contributed by atoms with Crippen molar-refractivity contribution >= 4 is 11.9 Å². The second-order valence-corrected chi connectivity index (χ2v) is 5.60. The summed E-state index contributed by atoms with van der Waals surface area (Å²) in [5.41, 5.74) is 0. The summed E-state index contributed by atoms with van der Waals surface area (Å²) in [6.45, 7) is 6.20. The largest absolute Gasteiger partial charge is 0.463 e. The zero-order chi connectivity index (χ0) is 17.2. The lowest BCUT2D eigenvalue weighted by molar-refractivity contribution is -0.140. The number of ether oxygens (including phenoxy) is 2. The molecule has 0 aromatic carbocycles. The number of carbonyl (C=O) groups is 2. The van der Waals surface area contributed by atoms with Crippen LogP contribution in [-0.4, -0.2) is 25.2 Å². The molecule has 0 fully saturated rings. The molecule has 0 aromatic rings. The first-order chi connectivity index (χ1) is 11.2. The van der Waals surface area contributed by atoms with Crippen molar-refractivity contribution in [3.8, 4) is 0 Å². The molecule has 0 aliphatic heterocycles. The van der Waals surface area contributed by atoms with Gasteiger partial charge in [0.15, 0.2) is 0 Å². The molecule has 0 saturated heterocycles. The average molecular weight is 324 g/mol. The van der Waals surface area contributed by atoms with E-state index in [0.29, 0.717) is 6.61 Å². The zero-order valence-corrected chi connectivity index (χ0v) is 14.6. The minimum Gasteiger partial charge on any atom is -0.463 e. The van der Waals surface area contributed by atoms with E-state index in [1.54, 1.807) is 0 Å². The molecule has 0 aliphatic carbocycles. The van der Waals surface area contributed by atoms with Gasteiger partial charge in [-0.1, -0.05) is 77.4 Å². The highest BCUT2D eigenvalue weighted by molar-refractivity contribution is 5.91. The van der Waals surface area contributed by atoms with Crippen molar-refractivity contribution in [3.05, 3.63) is 24.8 Å². The molecule has 0 heterocycles. The fraction of sp³-hybridized carbons (Fsp3) is 0.684. The molecule has 23 heavy (non-hydrogen) atoms. The molecule has 0 amide bonds. The normalized spacial score (nSPS) is 10.7. The van der Waals surface area contributed by atoms with Gasteiger partial charge in [-0.15, -0.1) is 0 Å². The van der Waals surface area contributed by atoms with Crippen LogP contribution in [0.25, 0.3) is 0 Å². The van der Waals surface area contributed by atoms with Gasteiger partial charge < -0.3 is 9.47 Å². The summed E-state index contributed by atoms with van der Waals surface area (Å²) in [5, 5.41) is 0. The van der Waals surface area contributed by atoms with E-state index in [0.717, 1.165) is 25.0 Å². The van der Waals surface area contributed by atoms with Crippen LogP contribution in [0.3, 0.4) is 0 Å². The molecule has 0 unspecified atom stereocenters. The van der Waals surface area contributed by atoms with Crippen LogP contribution in [0.1, 0.15) is 71.1 Å². The van der Waals surface area contributed by atoms with Crippen LogP contribution in [-0.2, 0) is 19.1 Å². The van der Waals surface area contributed by atoms with E-state index in [1.807, 2.05) is 0 Å². The van der Waals surface area contributed by atoms with E-state index < -0.39 is 11.9 Å². The summed E-state index contributed by atoms with van der Waals surface area (Å²) in [6, 6.07) is 0. The van der Waals surface area contributed by atoms with Gasteiger partial charge in [0.25, 0.3) is 0 Å². The number of unbranched alkanes of at least 4 members (excludes halogenated alkanes) is 9. The Hall–Kier alpha value is -1.58. The summed E-state index contributed by atoms with van der Waals surface area (Å²) < 4.78 is 9.72. The van der Waals surface area contributed by atoms with Gasteiger partial charge in [0, 0.05) is 12.2 Å². The highest BCUT2D eigenvalue weighted by atomic mass is 16.5. The Bertz CT molecular complexity index is 347. The lowest BCUT2D eigenvalue weighted by atomic mass is 10.1. The van der Waals surface area contributed by atoms with Gasteiger partial charge in [0.2, 0.25) is 0 Å². The first-order valence-electron chi connectivity index (χ1n) is 8.83. The topological polar surface area (TPSA) is 52.6 Å². The van der Waals surface area contributed by atoms with Gasteiger partial charge in [-0.25, -0.2) is 9.59 Å². The highest BCUT2D eigenvalue weighted by Crippen LogP contribution is 2.10. The van der Waals surface area contributed by atoms with Crippen LogP contribution >= 0.6 is 0 Å². The van der Waals surface area contributed by atoms with Crippen LogP contribution in [0.5, 0.6) is 0 Å². The molecule has 0 radical (unpaired) electrons. The Labute approximate surface area is 140 Å². The fourth-order valence-electron chi connectivity index (χ4n) is 2.14. The predicted octanol–water partition coefficient (Wildman–Crippen LogP) is 4.74. The number of hydrogen-bond donors (Lipinski definition) is 0. The van der Waals surface area contributed by atoms with Gasteiger partial charge in [-0.2, -0.15) is 0 Å². The van der Waals surface area contributed by atoms with Crippen LogP contribution in [0.2, 0.25) is 0 Å². The third-order valence-electron chi connectivity index (χ3n) is 3.44. The quantitative estimate of drug-likeness (QED) is 0.189. The molecule has 132 valence electrons. The van der Waals surface area contributed by atoms with E-state index >= 15 is 0 Å². The molecule has 0 atom stereocenters. The first-order valence-corrected chi connectivity index (χ1v) is 8.83. The van der Waals surface area contributed by atoms with Gasteiger partial charge in [0.05, 0.1) is 6.61 Å². The van der Waals surface area contributed by atoms with Gasteiger partial charge in [0.1, 0.15) is 6.61 Å². The van der Waals surface area contributed by atoms with Crippen LogP contribution in [0, 0.1) is 0 Å². The second kappa shape index (κ2) is 16.8. The molecule has 0 N–H and O–H groups in total. The highest BCUT2D eigenvalue weighted by Gasteiger charge is 2.00. The lowest BCUT2D eigenvalue weighted by Gasteiger charge is -2.03. The molecule has 0 bridgehead atoms. The number of carbonyl (C=O) groups excluding carboxylic acids is 2. The maximum Gasteiger partial charge on any atom is 0.331 e. The van der Waals surface area contributed by atoms with Crippen molar-refractivity contribution in [1.82, 2.24) is 0 Å². The molecular weight excluding hydrogens is 292 g/mol. The third kappa shape index (κ3) is 16.6. The molecule has 0 aromatic heterocycles. The summed E-state index contributed by atoms with van der Waals surface area (Å²) in [6.07, 6.45) is 16.0. The fourth-order valence-corrected chi connectivity index (χ4v) is 2.14. The minimum absolute atomic E-state index is 0.136.